The number of aromatic nitrogens is 3. The molecule has 1 unspecified atom stereocenters. The van der Waals surface area contributed by atoms with Crippen LogP contribution in [-0.2, 0) is 27.9 Å². The molecule has 146 valence electrons. The maximum atomic E-state index is 13.4. The number of ether oxygens (including phenoxy) is 2. The molecular weight excluding hydrogens is 354 g/mol. The van der Waals surface area contributed by atoms with Gasteiger partial charge in [-0.1, -0.05) is 48.5 Å². The average Bonchev–Trinajstić information content (AvgIpc) is 3.22. The van der Waals surface area contributed by atoms with E-state index < -0.39 is 5.41 Å². The molecule has 0 aliphatic heterocycles. The van der Waals surface area contributed by atoms with Crippen molar-refractivity contribution in [2.45, 2.75) is 32.2 Å². The van der Waals surface area contributed by atoms with Crippen molar-refractivity contribution in [1.29, 1.82) is 0 Å². The zero-order valence-electron chi connectivity index (χ0n) is 16.2. The summed E-state index contributed by atoms with van der Waals surface area (Å²) in [5, 5.41) is 4.24. The largest absolute Gasteiger partial charge is 0.494 e. The highest BCUT2D eigenvalue weighted by molar-refractivity contribution is 5.84. The third-order valence-corrected chi connectivity index (χ3v) is 4.62. The molecule has 2 aromatic carbocycles. The first kappa shape index (κ1) is 19.6. The summed E-state index contributed by atoms with van der Waals surface area (Å²) in [7, 11) is 0. The summed E-state index contributed by atoms with van der Waals surface area (Å²) in [5.74, 6) is 0.371. The molecule has 1 heterocycles. The van der Waals surface area contributed by atoms with Crippen LogP contribution in [0.1, 0.15) is 25.0 Å². The van der Waals surface area contributed by atoms with Crippen LogP contribution in [0.4, 0.5) is 0 Å². The van der Waals surface area contributed by atoms with E-state index in [1.54, 1.807) is 11.0 Å². The van der Waals surface area contributed by atoms with Crippen LogP contribution in [0.25, 0.3) is 0 Å². The molecule has 0 radical (unpaired) electrons. The molecule has 0 fully saturated rings. The minimum absolute atomic E-state index is 0.295. The molecule has 3 rings (SSSR count). The molecule has 0 amide bonds. The Labute approximate surface area is 165 Å². The molecule has 1 atom stereocenters. The first-order chi connectivity index (χ1) is 13.7. The van der Waals surface area contributed by atoms with E-state index in [0.29, 0.717) is 31.9 Å². The van der Waals surface area contributed by atoms with Crippen molar-refractivity contribution in [2.75, 3.05) is 13.2 Å². The fourth-order valence-electron chi connectivity index (χ4n) is 3.43. The fourth-order valence-corrected chi connectivity index (χ4v) is 3.43. The molecule has 0 saturated carbocycles. The van der Waals surface area contributed by atoms with Gasteiger partial charge >= 0.3 is 5.97 Å². The number of nitrogens with zero attached hydrogens (tertiary/aromatic N) is 3. The van der Waals surface area contributed by atoms with Crippen LogP contribution < -0.4 is 4.74 Å². The number of hydrogen-bond acceptors (Lipinski definition) is 5. The van der Waals surface area contributed by atoms with Gasteiger partial charge in [-0.15, -0.1) is 0 Å². The van der Waals surface area contributed by atoms with E-state index in [4.69, 9.17) is 9.47 Å². The van der Waals surface area contributed by atoms with Crippen LogP contribution >= 0.6 is 0 Å². The maximum Gasteiger partial charge on any atom is 0.318 e. The molecule has 6 nitrogen and oxygen atoms in total. The van der Waals surface area contributed by atoms with E-state index in [-0.39, 0.29) is 5.97 Å². The van der Waals surface area contributed by atoms with Gasteiger partial charge in [0, 0.05) is 5.56 Å². The van der Waals surface area contributed by atoms with E-state index in [0.717, 1.165) is 11.1 Å². The molecule has 3 aromatic rings. The summed E-state index contributed by atoms with van der Waals surface area (Å²) in [6, 6.07) is 17.6. The standard InChI is InChI=1S/C22H25N3O3/c1-3-27-20-13-9-8-12-19(20)22(21(26)28-4-2,15-25-17-23-16-24-25)14-18-10-6-5-7-11-18/h5-13,16-17H,3-4,14-15H2,1-2H3. The Morgan fingerprint density at radius 1 is 1.04 bits per heavy atom. The van der Waals surface area contributed by atoms with Gasteiger partial charge in [-0.05, 0) is 31.9 Å². The van der Waals surface area contributed by atoms with Crippen molar-refractivity contribution >= 4 is 5.97 Å². The second kappa shape index (κ2) is 9.17. The molecule has 0 saturated heterocycles. The second-order valence-corrected chi connectivity index (χ2v) is 6.49. The van der Waals surface area contributed by atoms with Gasteiger partial charge in [0.1, 0.15) is 23.8 Å². The lowest BCUT2D eigenvalue weighted by Crippen LogP contribution is -2.44. The third kappa shape index (κ3) is 4.22. The van der Waals surface area contributed by atoms with Crippen molar-refractivity contribution in [3.63, 3.8) is 0 Å². The predicted octanol–water partition coefficient (Wildman–Crippen LogP) is 3.42. The lowest BCUT2D eigenvalue weighted by atomic mass is 9.74. The number of para-hydroxylation sites is 1. The van der Waals surface area contributed by atoms with Gasteiger partial charge in [-0.3, -0.25) is 9.48 Å². The van der Waals surface area contributed by atoms with Crippen LogP contribution in [0.15, 0.2) is 67.3 Å². The van der Waals surface area contributed by atoms with E-state index in [1.165, 1.54) is 6.33 Å². The zero-order valence-corrected chi connectivity index (χ0v) is 16.2. The Kier molecular flexibility index (Phi) is 6.42. The first-order valence-corrected chi connectivity index (χ1v) is 9.45. The van der Waals surface area contributed by atoms with Crippen molar-refractivity contribution in [3.8, 4) is 5.75 Å². The Morgan fingerprint density at radius 2 is 1.79 bits per heavy atom. The summed E-state index contributed by atoms with van der Waals surface area (Å²) in [4.78, 5) is 17.5. The van der Waals surface area contributed by atoms with Gasteiger partial charge in [0.25, 0.3) is 0 Å². The van der Waals surface area contributed by atoms with Crippen LogP contribution in [0.3, 0.4) is 0 Å². The molecule has 0 aliphatic carbocycles. The van der Waals surface area contributed by atoms with Crippen molar-refractivity contribution in [3.05, 3.63) is 78.4 Å². The maximum absolute atomic E-state index is 13.4. The number of carbonyl (C=O) groups is 1. The molecule has 0 N–H and O–H groups in total. The Balaban J connectivity index is 2.18. The number of hydrogen-bond donors (Lipinski definition) is 0. The Hall–Kier alpha value is -3.15. The normalized spacial score (nSPS) is 12.9. The van der Waals surface area contributed by atoms with Crippen molar-refractivity contribution < 1.29 is 14.3 Å². The van der Waals surface area contributed by atoms with Gasteiger partial charge in [0.2, 0.25) is 0 Å². The lowest BCUT2D eigenvalue weighted by Gasteiger charge is -2.33. The van der Waals surface area contributed by atoms with Crippen LogP contribution in [0.2, 0.25) is 0 Å². The summed E-state index contributed by atoms with van der Waals surface area (Å²) < 4.78 is 13.1. The highest BCUT2D eigenvalue weighted by Gasteiger charge is 2.44. The summed E-state index contributed by atoms with van der Waals surface area (Å²) in [5.41, 5.74) is 0.813. The topological polar surface area (TPSA) is 66.2 Å². The summed E-state index contributed by atoms with van der Waals surface area (Å²) in [6.45, 7) is 4.84. The van der Waals surface area contributed by atoms with E-state index in [2.05, 4.69) is 10.1 Å². The second-order valence-electron chi connectivity index (χ2n) is 6.49. The number of benzene rings is 2. The van der Waals surface area contributed by atoms with E-state index >= 15 is 0 Å². The number of carbonyl (C=O) groups excluding carboxylic acids is 1. The average molecular weight is 379 g/mol. The van der Waals surface area contributed by atoms with E-state index in [9.17, 15) is 4.79 Å². The van der Waals surface area contributed by atoms with Crippen molar-refractivity contribution in [2.24, 2.45) is 0 Å². The smallest absolute Gasteiger partial charge is 0.318 e. The monoisotopic (exact) mass is 379 g/mol. The minimum Gasteiger partial charge on any atom is -0.494 e. The van der Waals surface area contributed by atoms with Crippen LogP contribution in [0.5, 0.6) is 5.75 Å². The van der Waals surface area contributed by atoms with Gasteiger partial charge in [0.15, 0.2) is 0 Å². The fraction of sp³-hybridized carbons (Fsp3) is 0.318. The Morgan fingerprint density at radius 3 is 2.46 bits per heavy atom. The molecule has 0 bridgehead atoms. The summed E-state index contributed by atoms with van der Waals surface area (Å²) >= 11 is 0. The highest BCUT2D eigenvalue weighted by atomic mass is 16.5. The molecule has 0 aliphatic rings. The molecule has 0 spiro atoms. The number of esters is 1. The van der Waals surface area contributed by atoms with Crippen LogP contribution in [-0.4, -0.2) is 33.9 Å². The lowest BCUT2D eigenvalue weighted by molar-refractivity contribution is -0.151. The third-order valence-electron chi connectivity index (χ3n) is 4.62. The van der Waals surface area contributed by atoms with Gasteiger partial charge < -0.3 is 9.47 Å². The van der Waals surface area contributed by atoms with E-state index in [1.807, 2.05) is 68.4 Å². The van der Waals surface area contributed by atoms with Gasteiger partial charge in [-0.2, -0.15) is 5.10 Å². The van der Waals surface area contributed by atoms with Gasteiger partial charge in [-0.25, -0.2) is 4.98 Å². The van der Waals surface area contributed by atoms with Crippen LogP contribution in [0, 0.1) is 0 Å². The molecular formula is C22H25N3O3. The SMILES string of the molecule is CCOC(=O)C(Cc1ccccc1)(Cn1cncn1)c1ccccc1OCC. The Bertz CT molecular complexity index is 881. The van der Waals surface area contributed by atoms with Crippen molar-refractivity contribution in [1.82, 2.24) is 14.8 Å². The minimum atomic E-state index is -1.00. The zero-order chi connectivity index (χ0) is 19.8. The predicted molar refractivity (Wildman–Crippen MR) is 106 cm³/mol. The van der Waals surface area contributed by atoms with Gasteiger partial charge in [0.05, 0.1) is 19.8 Å². The molecule has 28 heavy (non-hydrogen) atoms. The highest BCUT2D eigenvalue weighted by Crippen LogP contribution is 2.38. The first-order valence-electron chi connectivity index (χ1n) is 9.45. The molecule has 6 heteroatoms. The number of rotatable bonds is 9. The molecule has 1 aromatic heterocycles. The summed E-state index contributed by atoms with van der Waals surface area (Å²) in [6.07, 6.45) is 3.53. The quantitative estimate of drug-likeness (QED) is 0.533.